The monoisotopic (exact) mass is 363 g/mol. The number of hydrogen-bond acceptors (Lipinski definition) is 4. The molecule has 1 atom stereocenters. The predicted octanol–water partition coefficient (Wildman–Crippen LogP) is 2.75. The number of sulfonamides is 1. The van der Waals surface area contributed by atoms with E-state index < -0.39 is 16.0 Å². The van der Waals surface area contributed by atoms with Gasteiger partial charge in [-0.2, -0.15) is 0 Å². The molecule has 0 amide bonds. The molecule has 0 aliphatic heterocycles. The lowest BCUT2D eigenvalue weighted by atomic mass is 10.1. The fourth-order valence-corrected chi connectivity index (χ4v) is 3.39. The zero-order valence-corrected chi connectivity index (χ0v) is 14.0. The highest BCUT2D eigenvalue weighted by Crippen LogP contribution is 2.27. The van der Waals surface area contributed by atoms with Crippen LogP contribution in [0.5, 0.6) is 0 Å². The smallest absolute Gasteiger partial charge is 0.338 e. The maximum absolute atomic E-state index is 12.0. The van der Waals surface area contributed by atoms with Gasteiger partial charge >= 0.3 is 5.97 Å². The number of benzene rings is 1. The Morgan fingerprint density at radius 3 is 2.55 bits per heavy atom. The first kappa shape index (κ1) is 17.1. The topological polar surface area (TPSA) is 86.5 Å². The number of hydrogen-bond donors (Lipinski definition) is 1. The van der Waals surface area contributed by atoms with Crippen molar-refractivity contribution in [2.75, 3.05) is 0 Å². The third-order valence-corrected chi connectivity index (χ3v) is 5.02. The van der Waals surface area contributed by atoms with Gasteiger partial charge in [0.15, 0.2) is 0 Å². The molecule has 5 nitrogen and oxygen atoms in total. The molecular weight excluding hydrogens is 346 g/mol. The van der Waals surface area contributed by atoms with Crippen molar-refractivity contribution >= 4 is 31.9 Å². The van der Waals surface area contributed by atoms with E-state index in [0.717, 1.165) is 12.8 Å². The van der Waals surface area contributed by atoms with Crippen LogP contribution in [0.25, 0.3) is 0 Å². The maximum Gasteiger partial charge on any atom is 0.338 e. The fourth-order valence-electron chi connectivity index (χ4n) is 1.78. The van der Waals surface area contributed by atoms with Crippen LogP contribution in [0.15, 0.2) is 21.5 Å². The van der Waals surface area contributed by atoms with Crippen molar-refractivity contribution < 1.29 is 17.9 Å². The van der Waals surface area contributed by atoms with Crippen LogP contribution in [-0.2, 0) is 14.8 Å². The Bertz CT molecular complexity index is 613. The highest BCUT2D eigenvalue weighted by Gasteiger charge is 2.20. The zero-order chi connectivity index (χ0) is 15.5. The van der Waals surface area contributed by atoms with Crippen LogP contribution < -0.4 is 5.14 Å². The second-order valence-corrected chi connectivity index (χ2v) is 6.98. The standard InChI is InChI=1S/C13H18BrNO4S/c1-4-5-9(3)19-13(16)10-6-8(2)12(14)11(7-10)20(15,17)18/h6-7,9H,4-5H2,1-3H3,(H2,15,17,18). The minimum absolute atomic E-state index is 0.118. The molecule has 0 radical (unpaired) electrons. The molecule has 0 aliphatic rings. The Morgan fingerprint density at radius 1 is 1.45 bits per heavy atom. The normalized spacial score (nSPS) is 13.1. The zero-order valence-electron chi connectivity index (χ0n) is 11.6. The third kappa shape index (κ3) is 4.29. The molecule has 0 fully saturated rings. The summed E-state index contributed by atoms with van der Waals surface area (Å²) in [6.45, 7) is 5.48. The summed E-state index contributed by atoms with van der Waals surface area (Å²) in [6.07, 6.45) is 1.44. The lowest BCUT2D eigenvalue weighted by molar-refractivity contribution is 0.0323. The van der Waals surface area contributed by atoms with E-state index >= 15 is 0 Å². The van der Waals surface area contributed by atoms with Gasteiger partial charge in [-0.3, -0.25) is 0 Å². The molecule has 7 heteroatoms. The van der Waals surface area contributed by atoms with Gasteiger partial charge in [-0.25, -0.2) is 18.4 Å². The van der Waals surface area contributed by atoms with Gasteiger partial charge in [0.25, 0.3) is 0 Å². The summed E-state index contributed by atoms with van der Waals surface area (Å²) < 4.78 is 28.6. The van der Waals surface area contributed by atoms with Crippen molar-refractivity contribution in [1.29, 1.82) is 0 Å². The van der Waals surface area contributed by atoms with Gasteiger partial charge in [-0.1, -0.05) is 13.3 Å². The van der Waals surface area contributed by atoms with Crippen LogP contribution in [0.3, 0.4) is 0 Å². The Balaban J connectivity index is 3.15. The number of nitrogens with two attached hydrogens (primary N) is 1. The van der Waals surface area contributed by atoms with E-state index in [1.54, 1.807) is 19.9 Å². The summed E-state index contributed by atoms with van der Waals surface area (Å²) in [4.78, 5) is 11.9. The number of esters is 1. The van der Waals surface area contributed by atoms with Crippen molar-refractivity contribution in [3.63, 3.8) is 0 Å². The van der Waals surface area contributed by atoms with Crippen LogP contribution in [0.2, 0.25) is 0 Å². The molecule has 0 heterocycles. The highest BCUT2D eigenvalue weighted by atomic mass is 79.9. The minimum Gasteiger partial charge on any atom is -0.459 e. The minimum atomic E-state index is -3.91. The van der Waals surface area contributed by atoms with Crippen molar-refractivity contribution in [2.45, 2.75) is 44.6 Å². The lowest BCUT2D eigenvalue weighted by Gasteiger charge is -2.13. The first-order chi connectivity index (χ1) is 9.16. The number of carbonyl (C=O) groups excluding carboxylic acids is 1. The summed E-state index contributed by atoms with van der Waals surface area (Å²) in [6, 6.07) is 2.80. The predicted molar refractivity (Wildman–Crippen MR) is 80.0 cm³/mol. The summed E-state index contributed by atoms with van der Waals surface area (Å²) in [5, 5.41) is 5.13. The molecule has 0 saturated heterocycles. The third-order valence-electron chi connectivity index (χ3n) is 2.77. The van der Waals surface area contributed by atoms with Crippen LogP contribution in [-0.4, -0.2) is 20.5 Å². The quantitative estimate of drug-likeness (QED) is 0.814. The summed E-state index contributed by atoms with van der Waals surface area (Å²) in [5.74, 6) is -0.550. The van der Waals surface area contributed by atoms with Gasteiger partial charge in [0.2, 0.25) is 10.0 Å². The number of aryl methyl sites for hydroxylation is 1. The molecule has 1 unspecified atom stereocenters. The van der Waals surface area contributed by atoms with E-state index in [2.05, 4.69) is 15.9 Å². The molecule has 0 aliphatic carbocycles. The van der Waals surface area contributed by atoms with Gasteiger partial charge in [0, 0.05) is 4.47 Å². The number of primary sulfonamides is 1. The van der Waals surface area contributed by atoms with Crippen molar-refractivity contribution in [2.24, 2.45) is 5.14 Å². The van der Waals surface area contributed by atoms with Crippen LogP contribution in [0.4, 0.5) is 0 Å². The summed E-state index contributed by atoms with van der Waals surface area (Å²) in [7, 11) is -3.91. The number of halogens is 1. The van der Waals surface area contributed by atoms with E-state index in [9.17, 15) is 13.2 Å². The van der Waals surface area contributed by atoms with Gasteiger partial charge in [0.05, 0.1) is 16.6 Å². The van der Waals surface area contributed by atoms with Gasteiger partial charge < -0.3 is 4.74 Å². The molecular formula is C13H18BrNO4S. The van der Waals surface area contributed by atoms with Gasteiger partial charge in [-0.15, -0.1) is 0 Å². The molecule has 1 aromatic carbocycles. The average molecular weight is 364 g/mol. The van der Waals surface area contributed by atoms with Crippen molar-refractivity contribution in [3.05, 3.63) is 27.7 Å². The van der Waals surface area contributed by atoms with Crippen LogP contribution in [0.1, 0.15) is 42.6 Å². The number of ether oxygens (including phenoxy) is 1. The Labute approximate surface area is 127 Å². The Kier molecular flexibility index (Phi) is 5.73. The molecule has 0 saturated carbocycles. The Hall–Kier alpha value is -0.920. The largest absolute Gasteiger partial charge is 0.459 e. The number of rotatable bonds is 5. The summed E-state index contributed by atoms with van der Waals surface area (Å²) >= 11 is 3.16. The first-order valence-electron chi connectivity index (χ1n) is 6.20. The fraction of sp³-hybridized carbons (Fsp3) is 0.462. The molecule has 1 rings (SSSR count). The van der Waals surface area contributed by atoms with Crippen molar-refractivity contribution in [3.8, 4) is 0 Å². The summed E-state index contributed by atoms with van der Waals surface area (Å²) in [5.41, 5.74) is 0.782. The Morgan fingerprint density at radius 2 is 2.05 bits per heavy atom. The SMILES string of the molecule is CCCC(C)OC(=O)c1cc(C)c(Br)c(S(N)(=O)=O)c1. The highest BCUT2D eigenvalue weighted by molar-refractivity contribution is 9.10. The van der Waals surface area contributed by atoms with E-state index in [4.69, 9.17) is 9.88 Å². The van der Waals surface area contributed by atoms with E-state index in [0.29, 0.717) is 10.0 Å². The average Bonchev–Trinajstić information content (AvgIpc) is 2.30. The van der Waals surface area contributed by atoms with E-state index in [1.807, 2.05) is 6.92 Å². The molecule has 0 bridgehead atoms. The second-order valence-electron chi connectivity index (χ2n) is 4.65. The maximum atomic E-state index is 12.0. The number of carbonyl (C=O) groups is 1. The first-order valence-corrected chi connectivity index (χ1v) is 8.54. The molecule has 0 spiro atoms. The van der Waals surface area contributed by atoms with Crippen LogP contribution >= 0.6 is 15.9 Å². The molecule has 112 valence electrons. The van der Waals surface area contributed by atoms with E-state index in [-0.39, 0.29) is 16.6 Å². The lowest BCUT2D eigenvalue weighted by Crippen LogP contribution is -2.17. The molecule has 0 aromatic heterocycles. The molecule has 2 N–H and O–H groups in total. The van der Waals surface area contributed by atoms with Crippen molar-refractivity contribution in [1.82, 2.24) is 0 Å². The molecule has 20 heavy (non-hydrogen) atoms. The van der Waals surface area contributed by atoms with Crippen LogP contribution in [0, 0.1) is 6.92 Å². The van der Waals surface area contributed by atoms with E-state index in [1.165, 1.54) is 6.07 Å². The van der Waals surface area contributed by atoms with Gasteiger partial charge in [-0.05, 0) is 53.9 Å². The van der Waals surface area contributed by atoms with Gasteiger partial charge in [0.1, 0.15) is 0 Å². The molecule has 1 aromatic rings. The second kappa shape index (κ2) is 6.69.